The summed E-state index contributed by atoms with van der Waals surface area (Å²) in [5.74, 6) is 0.696. The van der Waals surface area contributed by atoms with Gasteiger partial charge in [0.2, 0.25) is 11.8 Å². The standard InChI is InChI=1S/C18H19N5O3S/c1-25-16-9-19-10-17(20-16)26-12-4-2-6-23(11-12)18(24)14-8-13(21-22-14)15-5-3-7-27-15/h3,5,7-10,12H,2,4,6,11H2,1H3,(H,21,22). The third-order valence-electron chi connectivity index (χ3n) is 4.34. The normalized spacial score (nSPS) is 16.9. The highest BCUT2D eigenvalue weighted by atomic mass is 32.1. The molecule has 1 amide bonds. The fourth-order valence-electron chi connectivity index (χ4n) is 3.03. The molecule has 0 spiro atoms. The molecule has 4 rings (SSSR count). The summed E-state index contributed by atoms with van der Waals surface area (Å²) < 4.78 is 11.0. The van der Waals surface area contributed by atoms with E-state index >= 15 is 0 Å². The molecule has 1 N–H and O–H groups in total. The summed E-state index contributed by atoms with van der Waals surface area (Å²) in [6, 6.07) is 5.76. The zero-order valence-corrected chi connectivity index (χ0v) is 15.6. The molecule has 1 aliphatic heterocycles. The lowest BCUT2D eigenvalue weighted by molar-refractivity contribution is 0.0520. The highest BCUT2D eigenvalue weighted by Gasteiger charge is 2.27. The molecule has 1 atom stereocenters. The number of rotatable bonds is 5. The zero-order valence-electron chi connectivity index (χ0n) is 14.8. The van der Waals surface area contributed by atoms with E-state index in [1.165, 1.54) is 13.3 Å². The molecule has 0 saturated carbocycles. The number of amides is 1. The number of hydrogen-bond acceptors (Lipinski definition) is 7. The Kier molecular flexibility index (Phi) is 5.01. The molecule has 9 heteroatoms. The lowest BCUT2D eigenvalue weighted by Crippen LogP contribution is -2.44. The first-order valence-corrected chi connectivity index (χ1v) is 9.52. The van der Waals surface area contributed by atoms with Crippen molar-refractivity contribution < 1.29 is 14.3 Å². The molecule has 1 unspecified atom stereocenters. The van der Waals surface area contributed by atoms with Crippen molar-refractivity contribution in [3.8, 4) is 22.3 Å². The van der Waals surface area contributed by atoms with E-state index in [4.69, 9.17) is 9.47 Å². The third kappa shape index (κ3) is 3.92. The number of piperidine rings is 1. The van der Waals surface area contributed by atoms with Crippen molar-refractivity contribution in [2.24, 2.45) is 0 Å². The summed E-state index contributed by atoms with van der Waals surface area (Å²) in [6.45, 7) is 1.17. The lowest BCUT2D eigenvalue weighted by Gasteiger charge is -2.32. The molecule has 0 aliphatic carbocycles. The van der Waals surface area contributed by atoms with E-state index in [9.17, 15) is 4.79 Å². The van der Waals surface area contributed by atoms with Crippen LogP contribution in [0.15, 0.2) is 36.0 Å². The van der Waals surface area contributed by atoms with Gasteiger partial charge >= 0.3 is 0 Å². The number of nitrogens with one attached hydrogen (secondary N) is 1. The average Bonchev–Trinajstić information content (AvgIpc) is 3.39. The van der Waals surface area contributed by atoms with Crippen molar-refractivity contribution in [3.05, 3.63) is 41.7 Å². The van der Waals surface area contributed by atoms with Crippen LogP contribution in [-0.4, -0.2) is 57.3 Å². The van der Waals surface area contributed by atoms with Crippen molar-refractivity contribution in [2.75, 3.05) is 20.2 Å². The van der Waals surface area contributed by atoms with E-state index < -0.39 is 0 Å². The molecule has 0 aromatic carbocycles. The number of aromatic amines is 1. The van der Waals surface area contributed by atoms with Gasteiger partial charge in [0.05, 0.1) is 36.6 Å². The lowest BCUT2D eigenvalue weighted by atomic mass is 10.1. The molecule has 140 valence electrons. The van der Waals surface area contributed by atoms with Crippen molar-refractivity contribution in [1.29, 1.82) is 0 Å². The molecular weight excluding hydrogens is 366 g/mol. The smallest absolute Gasteiger partial charge is 0.274 e. The van der Waals surface area contributed by atoms with Crippen molar-refractivity contribution in [1.82, 2.24) is 25.1 Å². The quantitative estimate of drug-likeness (QED) is 0.726. The van der Waals surface area contributed by atoms with E-state index in [1.54, 1.807) is 28.5 Å². The highest BCUT2D eigenvalue weighted by molar-refractivity contribution is 7.13. The Balaban J connectivity index is 1.42. The monoisotopic (exact) mass is 385 g/mol. The molecule has 1 saturated heterocycles. The number of H-pyrrole nitrogens is 1. The predicted molar refractivity (Wildman–Crippen MR) is 100 cm³/mol. The van der Waals surface area contributed by atoms with Crippen LogP contribution in [0.2, 0.25) is 0 Å². The minimum atomic E-state index is -0.139. The number of carbonyl (C=O) groups is 1. The van der Waals surface area contributed by atoms with Gasteiger partial charge in [-0.05, 0) is 30.4 Å². The fraction of sp³-hybridized carbons (Fsp3) is 0.333. The van der Waals surface area contributed by atoms with Crippen molar-refractivity contribution in [2.45, 2.75) is 18.9 Å². The van der Waals surface area contributed by atoms with Gasteiger partial charge < -0.3 is 14.4 Å². The number of ether oxygens (including phenoxy) is 2. The largest absolute Gasteiger partial charge is 0.480 e. The molecule has 8 nitrogen and oxygen atoms in total. The number of hydrogen-bond donors (Lipinski definition) is 1. The summed E-state index contributed by atoms with van der Waals surface area (Å²) >= 11 is 1.60. The molecule has 4 heterocycles. The zero-order chi connectivity index (χ0) is 18.6. The molecule has 3 aromatic rings. The highest BCUT2D eigenvalue weighted by Crippen LogP contribution is 2.24. The first-order chi connectivity index (χ1) is 13.2. The van der Waals surface area contributed by atoms with Crippen LogP contribution in [0, 0.1) is 0 Å². The van der Waals surface area contributed by atoms with Gasteiger partial charge in [-0.2, -0.15) is 10.1 Å². The topological polar surface area (TPSA) is 93.2 Å². The van der Waals surface area contributed by atoms with Crippen LogP contribution in [0.25, 0.3) is 10.6 Å². The number of carbonyl (C=O) groups excluding carboxylic acids is 1. The van der Waals surface area contributed by atoms with E-state index in [1.807, 2.05) is 17.5 Å². The summed E-state index contributed by atoms with van der Waals surface area (Å²) in [5, 5.41) is 9.12. The molecule has 27 heavy (non-hydrogen) atoms. The predicted octanol–water partition coefficient (Wildman–Crippen LogP) is 2.62. The van der Waals surface area contributed by atoms with E-state index in [0.717, 1.165) is 23.4 Å². The first-order valence-electron chi connectivity index (χ1n) is 8.64. The summed E-state index contributed by atoms with van der Waals surface area (Å²) in [7, 11) is 1.53. The summed E-state index contributed by atoms with van der Waals surface area (Å²) in [4.78, 5) is 23.9. The number of nitrogens with zero attached hydrogens (tertiary/aromatic N) is 4. The van der Waals surface area contributed by atoms with Crippen LogP contribution in [0.1, 0.15) is 23.3 Å². The van der Waals surface area contributed by atoms with Crippen LogP contribution in [0.5, 0.6) is 11.8 Å². The van der Waals surface area contributed by atoms with Crippen molar-refractivity contribution >= 4 is 17.2 Å². The molecule has 3 aromatic heterocycles. The Bertz CT molecular complexity index is 911. The second-order valence-electron chi connectivity index (χ2n) is 6.18. The third-order valence-corrected chi connectivity index (χ3v) is 5.24. The van der Waals surface area contributed by atoms with Crippen LogP contribution in [-0.2, 0) is 0 Å². The Morgan fingerprint density at radius 3 is 3.07 bits per heavy atom. The SMILES string of the molecule is COc1cncc(OC2CCCN(C(=O)c3cc(-c4cccs4)[nH]n3)C2)n1. The molecule has 0 bridgehead atoms. The molecule has 1 aliphatic rings. The van der Waals surface area contributed by atoms with Gasteiger partial charge in [0.25, 0.3) is 5.91 Å². The van der Waals surface area contributed by atoms with Gasteiger partial charge in [0.15, 0.2) is 5.69 Å². The van der Waals surface area contributed by atoms with Gasteiger partial charge in [-0.25, -0.2) is 0 Å². The maximum absolute atomic E-state index is 12.8. The van der Waals surface area contributed by atoms with Gasteiger partial charge in [-0.15, -0.1) is 11.3 Å². The van der Waals surface area contributed by atoms with Crippen LogP contribution >= 0.6 is 11.3 Å². The summed E-state index contributed by atoms with van der Waals surface area (Å²) in [5.41, 5.74) is 1.27. The van der Waals surface area contributed by atoms with E-state index in [0.29, 0.717) is 30.5 Å². The maximum atomic E-state index is 12.8. The second-order valence-corrected chi connectivity index (χ2v) is 7.12. The van der Waals surface area contributed by atoms with E-state index in [-0.39, 0.29) is 12.0 Å². The number of methoxy groups -OCH3 is 1. The second kappa shape index (κ2) is 7.75. The Hall–Kier alpha value is -2.94. The van der Waals surface area contributed by atoms with Crippen LogP contribution in [0.4, 0.5) is 0 Å². The average molecular weight is 385 g/mol. The van der Waals surface area contributed by atoms with Crippen LogP contribution in [0.3, 0.4) is 0 Å². The minimum Gasteiger partial charge on any atom is -0.480 e. The summed E-state index contributed by atoms with van der Waals surface area (Å²) in [6.07, 6.45) is 4.64. The number of aromatic nitrogens is 4. The molecular formula is C18H19N5O3S. The van der Waals surface area contributed by atoms with Gasteiger partial charge in [0, 0.05) is 6.54 Å². The van der Waals surface area contributed by atoms with Gasteiger partial charge in [0.1, 0.15) is 6.10 Å². The van der Waals surface area contributed by atoms with E-state index in [2.05, 4.69) is 20.2 Å². The van der Waals surface area contributed by atoms with Gasteiger partial charge in [-0.1, -0.05) is 6.07 Å². The Morgan fingerprint density at radius 2 is 2.26 bits per heavy atom. The Labute approximate surface area is 160 Å². The minimum absolute atomic E-state index is 0.0981. The molecule has 0 radical (unpaired) electrons. The molecule has 1 fully saturated rings. The van der Waals surface area contributed by atoms with Crippen molar-refractivity contribution in [3.63, 3.8) is 0 Å². The Morgan fingerprint density at radius 1 is 1.37 bits per heavy atom. The first kappa shape index (κ1) is 17.5. The number of likely N-dealkylation sites (tertiary alicyclic amines) is 1. The van der Waals surface area contributed by atoms with Gasteiger partial charge in [-0.3, -0.25) is 14.9 Å². The fourth-order valence-corrected chi connectivity index (χ4v) is 3.72. The number of thiophene rings is 1. The maximum Gasteiger partial charge on any atom is 0.274 e. The van der Waals surface area contributed by atoms with Crippen LogP contribution < -0.4 is 9.47 Å².